The molecule has 1 aliphatic heterocycles. The smallest absolute Gasteiger partial charge is 0.323 e. The number of hydrogen-bond acceptors (Lipinski definition) is 5. The largest absolute Gasteiger partial charge is 0.484 e. The summed E-state index contributed by atoms with van der Waals surface area (Å²) in [5.41, 5.74) is 7.25. The first kappa shape index (κ1) is 21.3. The first-order valence-corrected chi connectivity index (χ1v) is 10.5. The maximum atomic E-state index is 12.2. The van der Waals surface area contributed by atoms with Crippen molar-refractivity contribution >= 4 is 5.97 Å². The Morgan fingerprint density at radius 2 is 1.72 bits per heavy atom. The summed E-state index contributed by atoms with van der Waals surface area (Å²) in [6.07, 6.45) is 3.04. The van der Waals surface area contributed by atoms with Crippen molar-refractivity contribution in [1.29, 1.82) is 0 Å². The third kappa shape index (κ3) is 6.58. The van der Waals surface area contributed by atoms with E-state index in [1.54, 1.807) is 0 Å². The van der Waals surface area contributed by atoms with E-state index in [2.05, 4.69) is 24.3 Å². The molecule has 156 valence electrons. The second-order valence-corrected chi connectivity index (χ2v) is 7.57. The second kappa shape index (κ2) is 11.0. The average Bonchev–Trinajstić information content (AvgIpc) is 2.78. The second-order valence-electron chi connectivity index (χ2n) is 7.57. The molecule has 0 bridgehead atoms. The van der Waals surface area contributed by atoms with Gasteiger partial charge in [-0.05, 0) is 56.7 Å². The van der Waals surface area contributed by atoms with Crippen LogP contribution in [-0.2, 0) is 20.7 Å². The fourth-order valence-electron chi connectivity index (χ4n) is 3.62. The number of esters is 1. The summed E-state index contributed by atoms with van der Waals surface area (Å²) in [6, 6.07) is 19.4. The molecule has 1 aliphatic rings. The number of carbonyl (C=O) groups is 1. The number of carbonyl (C=O) groups excluding carboxylic acids is 1. The van der Waals surface area contributed by atoms with E-state index in [1.165, 1.54) is 5.56 Å². The number of rotatable bonds is 7. The third-order valence-electron chi connectivity index (χ3n) is 5.24. The monoisotopic (exact) mass is 397 g/mol. The lowest BCUT2D eigenvalue weighted by Crippen LogP contribution is -2.45. The van der Waals surface area contributed by atoms with Crippen LogP contribution in [0, 0.1) is 0 Å². The number of para-hydroxylation sites is 1. The van der Waals surface area contributed by atoms with E-state index in [-0.39, 0.29) is 18.2 Å². The fourth-order valence-corrected chi connectivity index (χ4v) is 3.62. The van der Waals surface area contributed by atoms with Crippen LogP contribution in [0.15, 0.2) is 60.7 Å². The van der Waals surface area contributed by atoms with E-state index >= 15 is 0 Å². The summed E-state index contributed by atoms with van der Waals surface area (Å²) >= 11 is 0. The Bertz CT molecular complexity index is 737. The van der Waals surface area contributed by atoms with Gasteiger partial charge in [0.2, 0.25) is 0 Å². The van der Waals surface area contributed by atoms with Gasteiger partial charge < -0.3 is 19.9 Å². The Kier molecular flexibility index (Phi) is 8.08. The molecule has 2 aromatic carbocycles. The van der Waals surface area contributed by atoms with E-state index < -0.39 is 12.1 Å². The molecule has 0 aromatic heterocycles. The van der Waals surface area contributed by atoms with Crippen molar-refractivity contribution in [1.82, 2.24) is 0 Å². The molecule has 5 nitrogen and oxygen atoms in total. The van der Waals surface area contributed by atoms with Gasteiger partial charge in [0.15, 0.2) is 6.10 Å². The summed E-state index contributed by atoms with van der Waals surface area (Å²) in [6.45, 7) is 2.48. The normalized spacial score (nSPS) is 25.4. The van der Waals surface area contributed by atoms with Crippen LogP contribution in [0.2, 0.25) is 0 Å². The lowest BCUT2D eigenvalue weighted by molar-refractivity contribution is -0.158. The molecule has 1 heterocycles. The molecule has 0 radical (unpaired) electrons. The maximum absolute atomic E-state index is 12.2. The number of ether oxygens (including phenoxy) is 3. The van der Waals surface area contributed by atoms with Gasteiger partial charge in [0.05, 0.1) is 6.10 Å². The van der Waals surface area contributed by atoms with Crippen molar-refractivity contribution in [3.63, 3.8) is 0 Å². The Hall–Kier alpha value is -2.37. The van der Waals surface area contributed by atoms with Crippen LogP contribution >= 0.6 is 0 Å². The Morgan fingerprint density at radius 1 is 1.03 bits per heavy atom. The minimum Gasteiger partial charge on any atom is -0.484 e. The molecule has 2 N–H and O–H groups in total. The van der Waals surface area contributed by atoms with Crippen LogP contribution in [0.4, 0.5) is 0 Å². The van der Waals surface area contributed by atoms with Crippen LogP contribution < -0.4 is 10.5 Å². The van der Waals surface area contributed by atoms with Crippen LogP contribution in [0.3, 0.4) is 0 Å². The molecule has 4 atom stereocenters. The molecule has 2 aromatic rings. The summed E-state index contributed by atoms with van der Waals surface area (Å²) in [7, 11) is 0. The molecular weight excluding hydrogens is 366 g/mol. The van der Waals surface area contributed by atoms with Crippen molar-refractivity contribution < 1.29 is 19.0 Å². The number of hydrogen-bond donors (Lipinski definition) is 1. The maximum Gasteiger partial charge on any atom is 0.323 e. The highest BCUT2D eigenvalue weighted by Gasteiger charge is 2.35. The van der Waals surface area contributed by atoms with Gasteiger partial charge in [0, 0.05) is 6.61 Å². The molecular formula is C24H31NO4. The van der Waals surface area contributed by atoms with E-state index in [0.717, 1.165) is 31.4 Å². The first-order chi connectivity index (χ1) is 14.1. The van der Waals surface area contributed by atoms with Gasteiger partial charge in [-0.25, -0.2) is 0 Å². The summed E-state index contributed by atoms with van der Waals surface area (Å²) in [4.78, 5) is 12.2. The molecule has 0 aliphatic carbocycles. The van der Waals surface area contributed by atoms with Gasteiger partial charge in [-0.1, -0.05) is 48.5 Å². The molecule has 1 fully saturated rings. The number of benzene rings is 2. The average molecular weight is 398 g/mol. The van der Waals surface area contributed by atoms with Crippen LogP contribution in [0.5, 0.6) is 5.75 Å². The quantitative estimate of drug-likeness (QED) is 0.567. The zero-order chi connectivity index (χ0) is 20.5. The van der Waals surface area contributed by atoms with Crippen LogP contribution in [0.1, 0.15) is 38.2 Å². The highest BCUT2D eigenvalue weighted by Crippen LogP contribution is 2.24. The van der Waals surface area contributed by atoms with Gasteiger partial charge >= 0.3 is 5.97 Å². The molecule has 1 saturated heterocycles. The SMILES string of the molecule is C[C@@H]1OC(=O)[C@@H](N)CCC[C@H](OCCCc2ccccc2)[C@H]1Oc1ccccc1. The van der Waals surface area contributed by atoms with E-state index in [1.807, 2.05) is 43.3 Å². The summed E-state index contributed by atoms with van der Waals surface area (Å²) in [5, 5.41) is 0. The van der Waals surface area contributed by atoms with Crippen molar-refractivity contribution in [3.8, 4) is 5.75 Å². The molecule has 0 unspecified atom stereocenters. The standard InChI is InChI=1S/C24H31NO4/c1-18-23(29-20-13-6-3-7-14-20)22(16-8-15-21(25)24(26)28-18)27-17-9-12-19-10-4-2-5-11-19/h2-7,10-11,13-14,18,21-23H,8-9,12,15-17,25H2,1H3/t18-,21-,22-,23-/m0/s1. The predicted molar refractivity (Wildman–Crippen MR) is 113 cm³/mol. The van der Waals surface area contributed by atoms with Crippen molar-refractivity contribution in [2.75, 3.05) is 6.61 Å². The Morgan fingerprint density at radius 3 is 2.45 bits per heavy atom. The first-order valence-electron chi connectivity index (χ1n) is 10.5. The highest BCUT2D eigenvalue weighted by atomic mass is 16.6. The third-order valence-corrected chi connectivity index (χ3v) is 5.24. The lowest BCUT2D eigenvalue weighted by atomic mass is 10.0. The van der Waals surface area contributed by atoms with Crippen molar-refractivity contribution in [3.05, 3.63) is 66.2 Å². The Labute approximate surface area is 173 Å². The highest BCUT2D eigenvalue weighted by molar-refractivity contribution is 5.75. The molecule has 29 heavy (non-hydrogen) atoms. The molecule has 5 heteroatoms. The van der Waals surface area contributed by atoms with Crippen molar-refractivity contribution in [2.45, 2.75) is 63.4 Å². The Balaban J connectivity index is 1.65. The topological polar surface area (TPSA) is 70.8 Å². The number of cyclic esters (lactones) is 1. The number of nitrogens with two attached hydrogens (primary N) is 1. The van der Waals surface area contributed by atoms with Crippen molar-refractivity contribution in [2.24, 2.45) is 5.73 Å². The van der Waals surface area contributed by atoms with E-state index in [0.29, 0.717) is 13.0 Å². The minimum absolute atomic E-state index is 0.168. The molecule has 0 amide bonds. The lowest BCUT2D eigenvalue weighted by Gasteiger charge is -2.31. The minimum atomic E-state index is -0.591. The summed E-state index contributed by atoms with van der Waals surface area (Å²) < 4.78 is 18.1. The molecule has 0 spiro atoms. The molecule has 3 rings (SSSR count). The van der Waals surface area contributed by atoms with Gasteiger partial charge in [0.25, 0.3) is 0 Å². The zero-order valence-corrected chi connectivity index (χ0v) is 17.0. The zero-order valence-electron chi connectivity index (χ0n) is 17.0. The van der Waals surface area contributed by atoms with Gasteiger partial charge in [0.1, 0.15) is 17.9 Å². The van der Waals surface area contributed by atoms with E-state index in [9.17, 15) is 4.79 Å². The fraction of sp³-hybridized carbons (Fsp3) is 0.458. The van der Waals surface area contributed by atoms with Crippen LogP contribution in [0.25, 0.3) is 0 Å². The predicted octanol–water partition coefficient (Wildman–Crippen LogP) is 3.89. The van der Waals surface area contributed by atoms with Gasteiger partial charge in [-0.15, -0.1) is 0 Å². The van der Waals surface area contributed by atoms with Gasteiger partial charge in [-0.3, -0.25) is 4.79 Å². The number of aryl methyl sites for hydroxylation is 1. The molecule has 0 saturated carbocycles. The van der Waals surface area contributed by atoms with E-state index in [4.69, 9.17) is 19.9 Å². The summed E-state index contributed by atoms with van der Waals surface area (Å²) in [5.74, 6) is 0.366. The van der Waals surface area contributed by atoms with Crippen LogP contribution in [-0.4, -0.2) is 36.9 Å². The van der Waals surface area contributed by atoms with Gasteiger partial charge in [-0.2, -0.15) is 0 Å².